The van der Waals surface area contributed by atoms with Crippen molar-refractivity contribution in [2.75, 3.05) is 5.75 Å². The third kappa shape index (κ3) is 11.7. The van der Waals surface area contributed by atoms with Crippen LogP contribution in [-0.2, 0) is 4.79 Å². The van der Waals surface area contributed by atoms with Crippen LogP contribution < -0.4 is 0 Å². The van der Waals surface area contributed by atoms with E-state index in [0.717, 1.165) is 11.3 Å². The van der Waals surface area contributed by atoms with Crippen molar-refractivity contribution < 1.29 is 4.79 Å². The highest BCUT2D eigenvalue weighted by atomic mass is 32.2. The van der Waals surface area contributed by atoms with Crippen LogP contribution in [0.4, 0.5) is 0 Å². The molecular weight excluding hydrogens is 204 g/mol. The normalized spacial score (nSPS) is 10.1. The summed E-state index contributed by atoms with van der Waals surface area (Å²) >= 11 is 1.45. The van der Waals surface area contributed by atoms with E-state index in [-0.39, 0.29) is 5.12 Å². The molecule has 0 heterocycles. The molecule has 0 aromatic heterocycles. The van der Waals surface area contributed by atoms with Crippen LogP contribution in [0.5, 0.6) is 0 Å². The second-order valence-corrected chi connectivity index (χ2v) is 5.26. The van der Waals surface area contributed by atoms with Crippen molar-refractivity contribution in [3.63, 3.8) is 0 Å². The Balaban J connectivity index is 3.24. The Kier molecular flexibility index (Phi) is 10.1. The van der Waals surface area contributed by atoms with Gasteiger partial charge in [-0.15, -0.1) is 0 Å². The van der Waals surface area contributed by atoms with Crippen molar-refractivity contribution in [3.05, 3.63) is 11.6 Å². The molecule has 0 bridgehead atoms. The zero-order valence-corrected chi connectivity index (χ0v) is 11.2. The largest absolute Gasteiger partial charge is 0.282 e. The van der Waals surface area contributed by atoms with E-state index in [9.17, 15) is 4.79 Å². The maximum absolute atomic E-state index is 11.3. The molecule has 0 aromatic carbocycles. The minimum Gasteiger partial charge on any atom is -0.282 e. The lowest BCUT2D eigenvalue weighted by Gasteiger charge is -1.99. The molecule has 0 amide bonds. The lowest BCUT2D eigenvalue weighted by atomic mass is 10.1. The van der Waals surface area contributed by atoms with Crippen LogP contribution >= 0.6 is 11.8 Å². The van der Waals surface area contributed by atoms with Gasteiger partial charge in [0.05, 0.1) is 0 Å². The first-order valence-corrected chi connectivity index (χ1v) is 6.97. The smallest absolute Gasteiger partial charge is 0.212 e. The van der Waals surface area contributed by atoms with Gasteiger partial charge in [-0.05, 0) is 26.3 Å². The molecule has 0 spiro atoms. The Labute approximate surface area is 98.7 Å². The molecular formula is C13H24OS. The molecule has 0 unspecified atom stereocenters. The van der Waals surface area contributed by atoms with Crippen molar-refractivity contribution in [1.82, 2.24) is 0 Å². The summed E-state index contributed by atoms with van der Waals surface area (Å²) in [4.78, 5) is 11.3. The van der Waals surface area contributed by atoms with Gasteiger partial charge in [0.15, 0.2) is 0 Å². The highest BCUT2D eigenvalue weighted by molar-refractivity contribution is 8.14. The lowest BCUT2D eigenvalue weighted by molar-refractivity contribution is -0.107. The zero-order chi connectivity index (χ0) is 11.5. The number of thioether (sulfide) groups is 1. The minimum atomic E-state index is 0.212. The molecule has 0 N–H and O–H groups in total. The van der Waals surface area contributed by atoms with Crippen LogP contribution in [0.3, 0.4) is 0 Å². The Bertz CT molecular complexity index is 193. The molecule has 0 aliphatic heterocycles. The molecule has 0 aromatic rings. The Morgan fingerprint density at radius 1 is 1.07 bits per heavy atom. The van der Waals surface area contributed by atoms with Crippen LogP contribution in [0.25, 0.3) is 0 Å². The lowest BCUT2D eigenvalue weighted by Crippen LogP contribution is -1.90. The highest BCUT2D eigenvalue weighted by Gasteiger charge is 1.97. The van der Waals surface area contributed by atoms with Crippen LogP contribution in [0.1, 0.15) is 59.3 Å². The predicted molar refractivity (Wildman–Crippen MR) is 70.3 cm³/mol. The van der Waals surface area contributed by atoms with Crippen LogP contribution in [0, 0.1) is 0 Å². The van der Waals surface area contributed by atoms with Gasteiger partial charge in [0.25, 0.3) is 0 Å². The van der Waals surface area contributed by atoms with Crippen molar-refractivity contribution in [3.8, 4) is 0 Å². The molecule has 88 valence electrons. The summed E-state index contributed by atoms with van der Waals surface area (Å²) in [6.45, 7) is 6.15. The van der Waals surface area contributed by atoms with Gasteiger partial charge in [0.2, 0.25) is 5.12 Å². The fraction of sp³-hybridized carbons (Fsp3) is 0.769. The molecule has 0 radical (unpaired) electrons. The first-order valence-electron chi connectivity index (χ1n) is 5.98. The number of rotatable bonds is 8. The van der Waals surface area contributed by atoms with E-state index in [1.165, 1.54) is 50.3 Å². The van der Waals surface area contributed by atoms with Crippen molar-refractivity contribution in [2.24, 2.45) is 0 Å². The van der Waals surface area contributed by atoms with Gasteiger partial charge < -0.3 is 0 Å². The van der Waals surface area contributed by atoms with E-state index in [4.69, 9.17) is 0 Å². The van der Waals surface area contributed by atoms with E-state index in [1.807, 2.05) is 13.8 Å². The summed E-state index contributed by atoms with van der Waals surface area (Å²) in [5.41, 5.74) is 1.09. The van der Waals surface area contributed by atoms with E-state index in [0.29, 0.717) is 0 Å². The fourth-order valence-electron chi connectivity index (χ4n) is 1.33. The van der Waals surface area contributed by atoms with Gasteiger partial charge in [0, 0.05) is 5.75 Å². The van der Waals surface area contributed by atoms with Gasteiger partial charge in [-0.2, -0.15) is 0 Å². The van der Waals surface area contributed by atoms with Gasteiger partial charge >= 0.3 is 0 Å². The van der Waals surface area contributed by atoms with Crippen molar-refractivity contribution in [2.45, 2.75) is 59.3 Å². The Morgan fingerprint density at radius 2 is 1.67 bits per heavy atom. The monoisotopic (exact) mass is 228 g/mol. The average Bonchev–Trinajstić information content (AvgIpc) is 2.15. The van der Waals surface area contributed by atoms with Gasteiger partial charge in [0.1, 0.15) is 0 Å². The molecule has 1 nitrogen and oxygen atoms in total. The number of allylic oxidation sites excluding steroid dienone is 1. The SMILES string of the molecule is CCCCCCCCSC(=O)C=C(C)C. The third-order valence-corrected chi connectivity index (χ3v) is 3.04. The van der Waals surface area contributed by atoms with E-state index in [2.05, 4.69) is 6.92 Å². The van der Waals surface area contributed by atoms with E-state index >= 15 is 0 Å². The quantitative estimate of drug-likeness (QED) is 0.447. The second kappa shape index (κ2) is 10.3. The van der Waals surface area contributed by atoms with Crippen molar-refractivity contribution >= 4 is 16.9 Å². The number of hydrogen-bond donors (Lipinski definition) is 0. The molecule has 0 saturated carbocycles. The number of hydrogen-bond acceptors (Lipinski definition) is 2. The third-order valence-electron chi connectivity index (χ3n) is 2.15. The summed E-state index contributed by atoms with van der Waals surface area (Å²) in [5.74, 6) is 0.981. The van der Waals surface area contributed by atoms with Gasteiger partial charge in [-0.25, -0.2) is 0 Å². The number of carbonyl (C=O) groups is 1. The minimum absolute atomic E-state index is 0.212. The Morgan fingerprint density at radius 3 is 2.27 bits per heavy atom. The first kappa shape index (κ1) is 14.8. The maximum atomic E-state index is 11.3. The van der Waals surface area contributed by atoms with Crippen molar-refractivity contribution in [1.29, 1.82) is 0 Å². The average molecular weight is 228 g/mol. The van der Waals surface area contributed by atoms with Crippen LogP contribution in [0.15, 0.2) is 11.6 Å². The number of unbranched alkanes of at least 4 members (excludes halogenated alkanes) is 5. The highest BCUT2D eigenvalue weighted by Crippen LogP contribution is 2.11. The first-order chi connectivity index (χ1) is 7.16. The van der Waals surface area contributed by atoms with Gasteiger partial charge in [-0.1, -0.05) is 56.4 Å². The van der Waals surface area contributed by atoms with E-state index in [1.54, 1.807) is 6.08 Å². The molecule has 2 heteroatoms. The summed E-state index contributed by atoms with van der Waals surface area (Å²) < 4.78 is 0. The van der Waals surface area contributed by atoms with E-state index < -0.39 is 0 Å². The molecule has 0 saturated heterocycles. The molecule has 0 aliphatic rings. The van der Waals surface area contributed by atoms with Gasteiger partial charge in [-0.3, -0.25) is 4.79 Å². The topological polar surface area (TPSA) is 17.1 Å². The maximum Gasteiger partial charge on any atom is 0.212 e. The van der Waals surface area contributed by atoms with Crippen LogP contribution in [-0.4, -0.2) is 10.9 Å². The predicted octanol–water partition coefficient (Wildman–Crippen LogP) is 4.57. The Hall–Kier alpha value is -0.240. The number of carbonyl (C=O) groups excluding carboxylic acids is 1. The zero-order valence-electron chi connectivity index (χ0n) is 10.3. The second-order valence-electron chi connectivity index (χ2n) is 4.16. The summed E-state index contributed by atoms with van der Waals surface area (Å²) in [6.07, 6.45) is 9.50. The standard InChI is InChI=1S/C13H24OS/c1-4-5-6-7-8-9-10-15-13(14)11-12(2)3/h11H,4-10H2,1-3H3. The summed E-state index contributed by atoms with van der Waals surface area (Å²) in [6, 6.07) is 0. The molecule has 0 atom stereocenters. The molecule has 0 rings (SSSR count). The summed E-state index contributed by atoms with van der Waals surface area (Å²) in [7, 11) is 0. The molecule has 15 heavy (non-hydrogen) atoms. The fourth-order valence-corrected chi connectivity index (χ4v) is 2.20. The van der Waals surface area contributed by atoms with Crippen LogP contribution in [0.2, 0.25) is 0 Å². The molecule has 0 fully saturated rings. The summed E-state index contributed by atoms with van der Waals surface area (Å²) in [5, 5.41) is 0.212. The molecule has 0 aliphatic carbocycles.